The quantitative estimate of drug-likeness (QED) is 0.385. The lowest BCUT2D eigenvalue weighted by molar-refractivity contribution is -0.128. The third kappa shape index (κ3) is 12.0. The van der Waals surface area contributed by atoms with Crippen LogP contribution in [-0.2, 0) is 4.79 Å². The molecule has 0 rings (SSSR count). The number of carbonyl (C=O) groups is 1. The average molecular weight is 340 g/mol. The van der Waals surface area contributed by atoms with Crippen molar-refractivity contribution in [3.63, 3.8) is 0 Å². The molecule has 2 nitrogen and oxygen atoms in total. The summed E-state index contributed by atoms with van der Waals surface area (Å²) in [6.07, 6.45) is 1.87. The van der Waals surface area contributed by atoms with E-state index in [1.54, 1.807) is 6.92 Å². The second-order valence-electron chi connectivity index (χ2n) is 8.98. The summed E-state index contributed by atoms with van der Waals surface area (Å²) in [5.41, 5.74) is 2.60. The summed E-state index contributed by atoms with van der Waals surface area (Å²) >= 11 is 0. The molecule has 0 saturated heterocycles. The van der Waals surface area contributed by atoms with Gasteiger partial charge in [0, 0.05) is 36.2 Å². The van der Waals surface area contributed by atoms with Crippen molar-refractivity contribution < 1.29 is 4.79 Å². The van der Waals surface area contributed by atoms with Crippen LogP contribution in [0.3, 0.4) is 0 Å². The van der Waals surface area contributed by atoms with E-state index in [0.717, 1.165) is 38.0 Å². The van der Waals surface area contributed by atoms with Crippen LogP contribution in [-0.4, -0.2) is 40.0 Å². The van der Waals surface area contributed by atoms with Crippen molar-refractivity contribution in [2.45, 2.75) is 71.1 Å². The Bertz CT molecular complexity index is 370. The summed E-state index contributed by atoms with van der Waals surface area (Å²) in [4.78, 5) is 13.8. The fourth-order valence-electron chi connectivity index (χ4n) is 2.69. The van der Waals surface area contributed by atoms with Gasteiger partial charge in [-0.3, -0.25) is 4.79 Å². The van der Waals surface area contributed by atoms with E-state index in [2.05, 4.69) is 52.4 Å². The zero-order valence-electron chi connectivity index (χ0n) is 16.0. The highest BCUT2D eigenvalue weighted by Crippen LogP contribution is 2.19. The molecule has 1 amide bonds. The Hall–Kier alpha value is -0.616. The van der Waals surface area contributed by atoms with Gasteiger partial charge in [-0.2, -0.15) is 0 Å². The maximum Gasteiger partial charge on any atom is 0.219 e. The van der Waals surface area contributed by atoms with Crippen LogP contribution in [0.2, 0.25) is 51.4 Å². The first-order valence-electron chi connectivity index (χ1n) is 8.39. The zero-order chi connectivity index (χ0) is 17.6. The Morgan fingerprint density at radius 2 is 1.14 bits per heavy atom. The van der Waals surface area contributed by atoms with E-state index in [1.807, 2.05) is 4.90 Å². The monoisotopic (exact) mass is 339 g/mol. The van der Waals surface area contributed by atoms with Gasteiger partial charge in [-0.25, -0.2) is 0 Å². The van der Waals surface area contributed by atoms with E-state index in [-0.39, 0.29) is 5.91 Å². The van der Waals surface area contributed by atoms with Crippen LogP contribution in [0.5, 0.6) is 0 Å². The molecule has 0 aromatic heterocycles. The lowest BCUT2D eigenvalue weighted by atomic mass is 10.2. The van der Waals surface area contributed by atoms with Crippen LogP contribution in [0.4, 0.5) is 0 Å². The SMILES string of the molecule is C=C(CCN(CCC(=C)C[Si](C)(C)C)C(C)=O)C[Si](C)(C)C. The van der Waals surface area contributed by atoms with E-state index in [4.69, 9.17) is 0 Å². The van der Waals surface area contributed by atoms with E-state index >= 15 is 0 Å². The first-order valence-corrected chi connectivity index (χ1v) is 15.8. The Labute approximate surface area is 140 Å². The lowest BCUT2D eigenvalue weighted by Crippen LogP contribution is -2.32. The molecule has 0 aromatic carbocycles. The molecule has 22 heavy (non-hydrogen) atoms. The molecule has 0 aliphatic rings. The van der Waals surface area contributed by atoms with Gasteiger partial charge in [0.2, 0.25) is 5.91 Å². The molecule has 0 saturated carbocycles. The lowest BCUT2D eigenvalue weighted by Gasteiger charge is -2.25. The van der Waals surface area contributed by atoms with E-state index in [0.29, 0.717) is 0 Å². The highest BCUT2D eigenvalue weighted by Gasteiger charge is 2.17. The molecule has 0 atom stereocenters. The Kier molecular flexibility index (Phi) is 8.62. The van der Waals surface area contributed by atoms with Crippen molar-refractivity contribution in [3.8, 4) is 0 Å². The molecule has 0 heterocycles. The topological polar surface area (TPSA) is 20.3 Å². The third-order valence-corrected chi connectivity index (χ3v) is 6.60. The highest BCUT2D eigenvalue weighted by molar-refractivity contribution is 6.77. The molecule has 4 heteroatoms. The first kappa shape index (κ1) is 21.4. The van der Waals surface area contributed by atoms with Crippen LogP contribution < -0.4 is 0 Å². The van der Waals surface area contributed by atoms with Gasteiger partial charge in [0.05, 0.1) is 0 Å². The number of amides is 1. The van der Waals surface area contributed by atoms with Crippen LogP contribution >= 0.6 is 0 Å². The van der Waals surface area contributed by atoms with Gasteiger partial charge in [0.15, 0.2) is 0 Å². The van der Waals surface area contributed by atoms with Gasteiger partial charge >= 0.3 is 0 Å². The van der Waals surface area contributed by atoms with Gasteiger partial charge in [-0.15, -0.1) is 13.2 Å². The van der Waals surface area contributed by atoms with Gasteiger partial charge < -0.3 is 4.90 Å². The molecule has 0 bridgehead atoms. The second kappa shape index (κ2) is 8.87. The molecule has 0 spiro atoms. The Morgan fingerprint density at radius 1 is 0.818 bits per heavy atom. The van der Waals surface area contributed by atoms with Gasteiger partial charge in [0.25, 0.3) is 0 Å². The molecule has 128 valence electrons. The number of rotatable bonds is 10. The highest BCUT2D eigenvalue weighted by atomic mass is 28.3. The summed E-state index contributed by atoms with van der Waals surface area (Å²) in [5, 5.41) is 0. The van der Waals surface area contributed by atoms with Crippen molar-refractivity contribution in [3.05, 3.63) is 24.3 Å². The summed E-state index contributed by atoms with van der Waals surface area (Å²) < 4.78 is 0. The number of hydrogen-bond donors (Lipinski definition) is 0. The van der Waals surface area contributed by atoms with E-state index in [9.17, 15) is 4.79 Å². The summed E-state index contributed by atoms with van der Waals surface area (Å²) in [6, 6.07) is 2.31. The van der Waals surface area contributed by atoms with Crippen LogP contribution in [0, 0.1) is 0 Å². The summed E-state index contributed by atoms with van der Waals surface area (Å²) in [7, 11) is -2.19. The van der Waals surface area contributed by atoms with Crippen molar-refractivity contribution >= 4 is 22.1 Å². The minimum atomic E-state index is -1.10. The standard InChI is InChI=1S/C18H37NOSi2/c1-16(14-21(4,5)6)10-12-19(18(3)20)13-11-17(2)15-22(7,8)9/h1-2,10-15H2,3-9H3. The van der Waals surface area contributed by atoms with Crippen LogP contribution in [0.15, 0.2) is 24.3 Å². The minimum Gasteiger partial charge on any atom is -0.342 e. The fraction of sp³-hybridized carbons (Fsp3) is 0.722. The predicted molar refractivity (Wildman–Crippen MR) is 106 cm³/mol. The van der Waals surface area contributed by atoms with Crippen molar-refractivity contribution in [2.75, 3.05) is 13.1 Å². The van der Waals surface area contributed by atoms with Gasteiger partial charge in [0.1, 0.15) is 0 Å². The summed E-state index contributed by atoms with van der Waals surface area (Å²) in [5.74, 6) is 0.168. The van der Waals surface area contributed by atoms with E-state index in [1.165, 1.54) is 11.1 Å². The average Bonchev–Trinajstić information content (AvgIpc) is 2.23. The molecule has 0 N–H and O–H groups in total. The van der Waals surface area contributed by atoms with Crippen molar-refractivity contribution in [1.29, 1.82) is 0 Å². The third-order valence-electron chi connectivity index (χ3n) is 3.48. The largest absolute Gasteiger partial charge is 0.342 e. The molecular weight excluding hydrogens is 302 g/mol. The molecular formula is C18H37NOSi2. The van der Waals surface area contributed by atoms with Gasteiger partial charge in [-0.1, -0.05) is 50.4 Å². The maximum atomic E-state index is 11.8. The first-order chi connectivity index (χ1) is 9.80. The molecule has 0 aliphatic carbocycles. The molecule has 0 radical (unpaired) electrons. The number of nitrogens with zero attached hydrogens (tertiary/aromatic N) is 1. The normalized spacial score (nSPS) is 12.1. The fourth-order valence-corrected chi connectivity index (χ4v) is 6.04. The van der Waals surface area contributed by atoms with Gasteiger partial charge in [-0.05, 0) is 24.9 Å². The smallest absolute Gasteiger partial charge is 0.219 e. The number of carbonyl (C=O) groups excluding carboxylic acids is 1. The second-order valence-corrected chi connectivity index (χ2v) is 19.9. The number of hydrogen-bond acceptors (Lipinski definition) is 1. The Balaban J connectivity index is 4.31. The minimum absolute atomic E-state index is 0.168. The van der Waals surface area contributed by atoms with Crippen molar-refractivity contribution in [1.82, 2.24) is 4.90 Å². The van der Waals surface area contributed by atoms with Crippen molar-refractivity contribution in [2.24, 2.45) is 0 Å². The molecule has 0 aromatic rings. The molecule has 0 aliphatic heterocycles. The Morgan fingerprint density at radius 3 is 1.36 bits per heavy atom. The summed E-state index contributed by atoms with van der Waals surface area (Å²) in [6.45, 7) is 25.9. The van der Waals surface area contributed by atoms with Crippen LogP contribution in [0.1, 0.15) is 19.8 Å². The zero-order valence-corrected chi connectivity index (χ0v) is 18.0. The molecule has 0 fully saturated rings. The maximum absolute atomic E-state index is 11.8. The predicted octanol–water partition coefficient (Wildman–Crippen LogP) is 5.40. The van der Waals surface area contributed by atoms with E-state index < -0.39 is 16.1 Å². The molecule has 0 unspecified atom stereocenters. The van der Waals surface area contributed by atoms with Crippen LogP contribution in [0.25, 0.3) is 0 Å².